The van der Waals surface area contributed by atoms with Crippen LogP contribution in [-0.2, 0) is 0 Å². The number of amides is 1. The Labute approximate surface area is 116 Å². The van der Waals surface area contributed by atoms with E-state index in [4.69, 9.17) is 0 Å². The lowest BCUT2D eigenvalue weighted by Gasteiger charge is -2.14. The van der Waals surface area contributed by atoms with Gasteiger partial charge in [0, 0.05) is 19.2 Å². The number of carbonyl (C=O) groups is 1. The number of nitrogens with zero attached hydrogens (tertiary/aromatic N) is 2. The maximum absolute atomic E-state index is 11.9. The van der Waals surface area contributed by atoms with Crippen LogP contribution < -0.4 is 5.32 Å². The zero-order valence-corrected chi connectivity index (χ0v) is 11.0. The molecule has 0 unspecified atom stereocenters. The predicted molar refractivity (Wildman–Crippen MR) is 72.8 cm³/mol. The number of likely N-dealkylation sites (tertiary alicyclic amines) is 1. The van der Waals surface area contributed by atoms with E-state index >= 15 is 0 Å². The number of nitro benzene ring substituents is 1. The quantitative estimate of drug-likeness (QED) is 0.622. The molecule has 0 aliphatic carbocycles. The van der Waals surface area contributed by atoms with Crippen LogP contribution in [0.4, 0.5) is 5.69 Å². The lowest BCUT2D eigenvalue weighted by molar-refractivity contribution is -0.385. The molecule has 1 aromatic rings. The van der Waals surface area contributed by atoms with Crippen molar-refractivity contribution in [2.75, 3.05) is 26.2 Å². The highest BCUT2D eigenvalue weighted by atomic mass is 16.6. The first-order valence-corrected chi connectivity index (χ1v) is 6.56. The molecule has 0 saturated carbocycles. The number of nitrogens with one attached hydrogen (secondary N) is 1. The molecule has 0 radical (unpaired) electrons. The Morgan fingerprint density at radius 3 is 2.75 bits per heavy atom. The molecule has 7 nitrogen and oxygen atoms in total. The van der Waals surface area contributed by atoms with Gasteiger partial charge < -0.3 is 15.3 Å². The van der Waals surface area contributed by atoms with Crippen molar-refractivity contribution in [3.05, 3.63) is 33.9 Å². The van der Waals surface area contributed by atoms with Crippen LogP contribution in [0.3, 0.4) is 0 Å². The highest BCUT2D eigenvalue weighted by Crippen LogP contribution is 2.28. The second kappa shape index (κ2) is 6.33. The lowest BCUT2D eigenvalue weighted by Crippen LogP contribution is -2.33. The molecule has 0 spiro atoms. The first-order chi connectivity index (χ1) is 9.59. The van der Waals surface area contributed by atoms with E-state index in [9.17, 15) is 20.0 Å². The molecule has 1 aliphatic rings. The van der Waals surface area contributed by atoms with Gasteiger partial charge in [0.2, 0.25) is 5.75 Å². The molecular formula is C13H17N3O4. The van der Waals surface area contributed by atoms with Crippen LogP contribution in [0, 0.1) is 10.1 Å². The van der Waals surface area contributed by atoms with Gasteiger partial charge in [-0.1, -0.05) is 6.07 Å². The molecule has 1 amide bonds. The second-order valence-electron chi connectivity index (χ2n) is 4.74. The second-order valence-corrected chi connectivity index (χ2v) is 4.74. The van der Waals surface area contributed by atoms with E-state index in [2.05, 4.69) is 10.2 Å². The van der Waals surface area contributed by atoms with E-state index in [1.165, 1.54) is 25.0 Å². The summed E-state index contributed by atoms with van der Waals surface area (Å²) in [5.41, 5.74) is -0.530. The average molecular weight is 279 g/mol. The largest absolute Gasteiger partial charge is 0.502 e. The fraction of sp³-hybridized carbons (Fsp3) is 0.462. The van der Waals surface area contributed by atoms with E-state index in [1.807, 2.05) is 0 Å². The molecule has 0 bridgehead atoms. The minimum atomic E-state index is -0.712. The first-order valence-electron chi connectivity index (χ1n) is 6.56. The van der Waals surface area contributed by atoms with Crippen molar-refractivity contribution in [2.24, 2.45) is 0 Å². The Bertz CT molecular complexity index is 512. The molecule has 2 rings (SSSR count). The van der Waals surface area contributed by atoms with Gasteiger partial charge in [-0.2, -0.15) is 0 Å². The van der Waals surface area contributed by atoms with Gasteiger partial charge >= 0.3 is 5.69 Å². The lowest BCUT2D eigenvalue weighted by atomic mass is 10.1. The van der Waals surface area contributed by atoms with Crippen LogP contribution in [0.15, 0.2) is 18.2 Å². The summed E-state index contributed by atoms with van der Waals surface area (Å²) in [6.45, 7) is 3.29. The summed E-state index contributed by atoms with van der Waals surface area (Å²) >= 11 is 0. The smallest absolute Gasteiger partial charge is 0.311 e. The Balaban J connectivity index is 1.95. The maximum Gasteiger partial charge on any atom is 0.311 e. The van der Waals surface area contributed by atoms with Crippen molar-refractivity contribution in [2.45, 2.75) is 12.8 Å². The molecule has 1 aromatic carbocycles. The van der Waals surface area contributed by atoms with Crippen molar-refractivity contribution >= 4 is 11.6 Å². The monoisotopic (exact) mass is 279 g/mol. The van der Waals surface area contributed by atoms with Crippen LogP contribution in [0.25, 0.3) is 0 Å². The van der Waals surface area contributed by atoms with Crippen molar-refractivity contribution in [1.82, 2.24) is 10.2 Å². The highest BCUT2D eigenvalue weighted by Gasteiger charge is 2.20. The third-order valence-electron chi connectivity index (χ3n) is 3.37. The standard InChI is InChI=1S/C13H17N3O4/c17-12-10(4-3-5-11(12)16(19)20)13(18)14-6-9-15-7-1-2-8-15/h3-5,17H,1-2,6-9H2,(H,14,18). The van der Waals surface area contributed by atoms with Gasteiger partial charge in [-0.05, 0) is 32.0 Å². The summed E-state index contributed by atoms with van der Waals surface area (Å²) in [6.07, 6.45) is 2.36. The maximum atomic E-state index is 11.9. The average Bonchev–Trinajstić information content (AvgIpc) is 2.91. The summed E-state index contributed by atoms with van der Waals surface area (Å²) in [7, 11) is 0. The van der Waals surface area contributed by atoms with Crippen LogP contribution in [0.2, 0.25) is 0 Å². The van der Waals surface area contributed by atoms with E-state index in [0.29, 0.717) is 6.54 Å². The number of carbonyl (C=O) groups excluding carboxylic acids is 1. The SMILES string of the molecule is O=C(NCCN1CCCC1)c1cccc([N+](=O)[O-])c1O. The van der Waals surface area contributed by atoms with Crippen molar-refractivity contribution < 1.29 is 14.8 Å². The molecule has 1 fully saturated rings. The molecule has 1 heterocycles. The zero-order valence-electron chi connectivity index (χ0n) is 11.0. The summed E-state index contributed by atoms with van der Waals surface area (Å²) < 4.78 is 0. The molecule has 7 heteroatoms. The highest BCUT2D eigenvalue weighted by molar-refractivity contribution is 5.98. The molecule has 2 N–H and O–H groups in total. The van der Waals surface area contributed by atoms with Gasteiger partial charge in [-0.25, -0.2) is 0 Å². The molecule has 20 heavy (non-hydrogen) atoms. The predicted octanol–water partition coefficient (Wildman–Crippen LogP) is 1.13. The van der Waals surface area contributed by atoms with Crippen LogP contribution in [0.1, 0.15) is 23.2 Å². The van der Waals surface area contributed by atoms with Crippen LogP contribution in [-0.4, -0.2) is 47.0 Å². The Morgan fingerprint density at radius 1 is 1.40 bits per heavy atom. The van der Waals surface area contributed by atoms with E-state index in [-0.39, 0.29) is 5.56 Å². The third-order valence-corrected chi connectivity index (χ3v) is 3.37. The van der Waals surface area contributed by atoms with E-state index in [0.717, 1.165) is 25.7 Å². The summed E-state index contributed by atoms with van der Waals surface area (Å²) in [5, 5.41) is 23.1. The molecule has 0 aromatic heterocycles. The number of nitro groups is 1. The van der Waals surface area contributed by atoms with Gasteiger partial charge in [0.1, 0.15) is 0 Å². The van der Waals surface area contributed by atoms with Crippen LogP contribution >= 0.6 is 0 Å². The number of benzene rings is 1. The number of rotatable bonds is 5. The van der Waals surface area contributed by atoms with Crippen molar-refractivity contribution in [1.29, 1.82) is 0 Å². The van der Waals surface area contributed by atoms with E-state index in [1.54, 1.807) is 0 Å². The molecule has 108 valence electrons. The number of phenolic OH excluding ortho intramolecular Hbond substituents is 1. The minimum Gasteiger partial charge on any atom is -0.502 e. The summed E-state index contributed by atoms with van der Waals surface area (Å²) in [4.78, 5) is 24.1. The van der Waals surface area contributed by atoms with E-state index < -0.39 is 22.3 Å². The fourth-order valence-corrected chi connectivity index (χ4v) is 2.29. The summed E-state index contributed by atoms with van der Waals surface area (Å²) in [6, 6.07) is 3.91. The normalized spacial score (nSPS) is 15.2. The number of aromatic hydroxyl groups is 1. The number of para-hydroxylation sites is 1. The third kappa shape index (κ3) is 3.24. The molecule has 1 aliphatic heterocycles. The molecule has 0 atom stereocenters. The molecule has 1 saturated heterocycles. The van der Waals surface area contributed by atoms with Gasteiger partial charge in [-0.15, -0.1) is 0 Å². The Hall–Kier alpha value is -2.15. The zero-order chi connectivity index (χ0) is 14.5. The first kappa shape index (κ1) is 14.3. The topological polar surface area (TPSA) is 95.7 Å². The number of phenols is 1. The molecular weight excluding hydrogens is 262 g/mol. The van der Waals surface area contributed by atoms with Crippen molar-refractivity contribution in [3.63, 3.8) is 0 Å². The summed E-state index contributed by atoms with van der Waals surface area (Å²) in [5.74, 6) is -1.08. The minimum absolute atomic E-state index is 0.0689. The van der Waals surface area contributed by atoms with Crippen molar-refractivity contribution in [3.8, 4) is 5.75 Å². The van der Waals surface area contributed by atoms with Gasteiger partial charge in [0.25, 0.3) is 5.91 Å². The van der Waals surface area contributed by atoms with Gasteiger partial charge in [0.05, 0.1) is 10.5 Å². The Kier molecular flexibility index (Phi) is 4.52. The fourth-order valence-electron chi connectivity index (χ4n) is 2.29. The van der Waals surface area contributed by atoms with Crippen LogP contribution in [0.5, 0.6) is 5.75 Å². The number of hydrogen-bond donors (Lipinski definition) is 2. The number of hydrogen-bond acceptors (Lipinski definition) is 5. The Morgan fingerprint density at radius 2 is 2.10 bits per heavy atom. The van der Waals surface area contributed by atoms with Gasteiger partial charge in [-0.3, -0.25) is 14.9 Å². The van der Waals surface area contributed by atoms with Gasteiger partial charge in [0.15, 0.2) is 0 Å².